The smallest absolute Gasteiger partial charge is 0.257 e. The van der Waals surface area contributed by atoms with Gasteiger partial charge in [0, 0.05) is 17.7 Å². The molecule has 3 aromatic rings. The molecule has 2 N–H and O–H groups in total. The molecule has 0 unspecified atom stereocenters. The second kappa shape index (κ2) is 14.0. The number of hydrogen-bond donors (Lipinski definition) is 2. The highest BCUT2D eigenvalue weighted by Gasteiger charge is 2.08. The van der Waals surface area contributed by atoms with Gasteiger partial charge in [0.05, 0.1) is 13.2 Å². The summed E-state index contributed by atoms with van der Waals surface area (Å²) in [6, 6.07) is 24.8. The zero-order chi connectivity index (χ0) is 24.0. The van der Waals surface area contributed by atoms with Crippen molar-refractivity contribution in [2.75, 3.05) is 18.5 Å². The first kappa shape index (κ1) is 25.2. The predicted octanol–water partition coefficient (Wildman–Crippen LogP) is 6.39. The van der Waals surface area contributed by atoms with Gasteiger partial charge >= 0.3 is 0 Å². The molecule has 0 saturated carbocycles. The predicted molar refractivity (Wildman–Crippen MR) is 142 cm³/mol. The van der Waals surface area contributed by atoms with Crippen LogP contribution in [0.5, 0.6) is 11.5 Å². The minimum atomic E-state index is -0.270. The zero-order valence-corrected chi connectivity index (χ0v) is 20.4. The number of nitrogens with one attached hydrogen (secondary N) is 2. The number of thiocarbonyl (C=S) groups is 1. The average Bonchev–Trinajstić information content (AvgIpc) is 2.86. The van der Waals surface area contributed by atoms with Gasteiger partial charge in [0.25, 0.3) is 5.91 Å². The third-order valence-corrected chi connectivity index (χ3v) is 5.43. The molecule has 0 aliphatic heterocycles. The van der Waals surface area contributed by atoms with Gasteiger partial charge in [0.15, 0.2) is 5.11 Å². The topological polar surface area (TPSA) is 59.6 Å². The highest BCUT2D eigenvalue weighted by atomic mass is 32.1. The van der Waals surface area contributed by atoms with Crippen LogP contribution in [0.1, 0.15) is 48.5 Å². The van der Waals surface area contributed by atoms with Crippen molar-refractivity contribution in [1.82, 2.24) is 5.32 Å². The number of unbranched alkanes of at least 4 members (excludes halogenated alkanes) is 3. The summed E-state index contributed by atoms with van der Waals surface area (Å²) in [5, 5.41) is 5.97. The van der Waals surface area contributed by atoms with E-state index < -0.39 is 0 Å². The minimum Gasteiger partial charge on any atom is -0.494 e. The first-order chi connectivity index (χ1) is 16.6. The molecule has 5 nitrogen and oxygen atoms in total. The van der Waals surface area contributed by atoms with Crippen LogP contribution in [0.25, 0.3) is 0 Å². The van der Waals surface area contributed by atoms with Crippen molar-refractivity contribution in [3.05, 3.63) is 90.0 Å². The highest BCUT2D eigenvalue weighted by Crippen LogP contribution is 2.17. The molecule has 0 bridgehead atoms. The maximum Gasteiger partial charge on any atom is 0.257 e. The van der Waals surface area contributed by atoms with Crippen molar-refractivity contribution >= 4 is 28.9 Å². The Kier molecular flexibility index (Phi) is 10.4. The van der Waals surface area contributed by atoms with Gasteiger partial charge in [-0.25, -0.2) is 0 Å². The number of rotatable bonds is 12. The van der Waals surface area contributed by atoms with Gasteiger partial charge in [0.1, 0.15) is 11.5 Å². The summed E-state index contributed by atoms with van der Waals surface area (Å²) < 4.78 is 11.5. The Balaban J connectivity index is 1.39. The second-order valence-corrected chi connectivity index (χ2v) is 8.36. The number of carbonyl (C=O) groups is 1. The van der Waals surface area contributed by atoms with Crippen LogP contribution in [0, 0.1) is 0 Å². The van der Waals surface area contributed by atoms with Crippen LogP contribution in [-0.4, -0.2) is 24.2 Å². The average molecular weight is 477 g/mol. The molecular formula is C28H32N2O3S. The summed E-state index contributed by atoms with van der Waals surface area (Å²) in [6.07, 6.45) is 5.49. The fraction of sp³-hybridized carbons (Fsp3) is 0.286. The molecule has 0 atom stereocenters. The summed E-state index contributed by atoms with van der Waals surface area (Å²) in [6.45, 7) is 3.48. The molecule has 0 heterocycles. The lowest BCUT2D eigenvalue weighted by Crippen LogP contribution is -2.34. The summed E-state index contributed by atoms with van der Waals surface area (Å²) in [5.74, 6) is 1.27. The largest absolute Gasteiger partial charge is 0.494 e. The molecule has 3 rings (SSSR count). The third kappa shape index (κ3) is 8.87. The molecule has 34 heavy (non-hydrogen) atoms. The fourth-order valence-electron chi connectivity index (χ4n) is 3.32. The standard InChI is InChI=1S/C28H32N2O3S/c1-2-3-4-8-20-32-25-15-11-23(12-16-25)27(31)30-28(34)29-24-13-17-26(18-14-24)33-21-19-22-9-6-5-7-10-22/h5-7,9-18H,2-4,8,19-21H2,1H3,(H2,29,30,31,34). The van der Waals surface area contributed by atoms with E-state index in [1.54, 1.807) is 12.1 Å². The molecule has 0 fully saturated rings. The van der Waals surface area contributed by atoms with Crippen molar-refractivity contribution in [2.24, 2.45) is 0 Å². The van der Waals surface area contributed by atoms with Crippen molar-refractivity contribution in [2.45, 2.75) is 39.0 Å². The highest BCUT2D eigenvalue weighted by molar-refractivity contribution is 7.80. The lowest BCUT2D eigenvalue weighted by atomic mass is 10.2. The Bertz CT molecular complexity index is 1020. The van der Waals surface area contributed by atoms with Crippen LogP contribution in [0.2, 0.25) is 0 Å². The minimum absolute atomic E-state index is 0.235. The molecule has 6 heteroatoms. The number of ether oxygens (including phenoxy) is 2. The third-order valence-electron chi connectivity index (χ3n) is 5.22. The van der Waals surface area contributed by atoms with Crippen LogP contribution in [0.3, 0.4) is 0 Å². The number of carbonyl (C=O) groups excluding carboxylic acids is 1. The van der Waals surface area contributed by atoms with Crippen LogP contribution >= 0.6 is 12.2 Å². The Morgan fingerprint density at radius 2 is 1.44 bits per heavy atom. The molecular weight excluding hydrogens is 444 g/mol. The molecule has 0 spiro atoms. The molecule has 0 radical (unpaired) electrons. The quantitative estimate of drug-likeness (QED) is 0.234. The molecule has 1 amide bonds. The first-order valence-corrected chi connectivity index (χ1v) is 12.2. The lowest BCUT2D eigenvalue weighted by Gasteiger charge is -2.11. The Labute approximate surface area is 207 Å². The maximum absolute atomic E-state index is 12.5. The van der Waals surface area contributed by atoms with Gasteiger partial charge < -0.3 is 14.8 Å². The van der Waals surface area contributed by atoms with Gasteiger partial charge in [-0.2, -0.15) is 0 Å². The van der Waals surface area contributed by atoms with Crippen molar-refractivity contribution in [3.63, 3.8) is 0 Å². The van der Waals surface area contributed by atoms with E-state index in [9.17, 15) is 4.79 Å². The van der Waals surface area contributed by atoms with E-state index in [1.165, 1.54) is 24.8 Å². The van der Waals surface area contributed by atoms with Gasteiger partial charge in [-0.05, 0) is 72.7 Å². The van der Waals surface area contributed by atoms with Crippen LogP contribution in [0.4, 0.5) is 5.69 Å². The number of anilines is 1. The van der Waals surface area contributed by atoms with E-state index in [4.69, 9.17) is 21.7 Å². The van der Waals surface area contributed by atoms with E-state index in [0.29, 0.717) is 18.8 Å². The number of amides is 1. The van der Waals surface area contributed by atoms with Gasteiger partial charge in [0.2, 0.25) is 0 Å². The Morgan fingerprint density at radius 3 is 2.12 bits per heavy atom. The number of hydrogen-bond acceptors (Lipinski definition) is 4. The van der Waals surface area contributed by atoms with E-state index in [-0.39, 0.29) is 11.0 Å². The molecule has 0 aliphatic rings. The number of benzene rings is 3. The van der Waals surface area contributed by atoms with E-state index in [1.807, 2.05) is 54.6 Å². The van der Waals surface area contributed by atoms with E-state index >= 15 is 0 Å². The summed E-state index contributed by atoms with van der Waals surface area (Å²) in [4.78, 5) is 12.5. The fourth-order valence-corrected chi connectivity index (χ4v) is 3.54. The first-order valence-electron chi connectivity index (χ1n) is 11.8. The molecule has 3 aromatic carbocycles. The SMILES string of the molecule is CCCCCCOc1ccc(C(=O)NC(=S)Nc2ccc(OCCc3ccccc3)cc2)cc1. The maximum atomic E-state index is 12.5. The van der Waals surface area contributed by atoms with E-state index in [0.717, 1.165) is 30.0 Å². The summed E-state index contributed by atoms with van der Waals surface area (Å²) in [5.41, 5.74) is 2.53. The lowest BCUT2D eigenvalue weighted by molar-refractivity contribution is 0.0977. The second-order valence-electron chi connectivity index (χ2n) is 7.95. The van der Waals surface area contributed by atoms with Crippen LogP contribution in [0.15, 0.2) is 78.9 Å². The summed E-state index contributed by atoms with van der Waals surface area (Å²) >= 11 is 5.29. The van der Waals surface area contributed by atoms with Gasteiger partial charge in [-0.1, -0.05) is 56.5 Å². The van der Waals surface area contributed by atoms with Crippen molar-refractivity contribution in [1.29, 1.82) is 0 Å². The van der Waals surface area contributed by atoms with E-state index in [2.05, 4.69) is 29.7 Å². The molecule has 0 aliphatic carbocycles. The van der Waals surface area contributed by atoms with Crippen LogP contribution in [-0.2, 0) is 6.42 Å². The molecule has 178 valence electrons. The van der Waals surface area contributed by atoms with Gasteiger partial charge in [-0.3, -0.25) is 10.1 Å². The molecule has 0 aromatic heterocycles. The zero-order valence-electron chi connectivity index (χ0n) is 19.6. The van der Waals surface area contributed by atoms with Crippen molar-refractivity contribution < 1.29 is 14.3 Å². The van der Waals surface area contributed by atoms with Crippen LogP contribution < -0.4 is 20.1 Å². The summed E-state index contributed by atoms with van der Waals surface area (Å²) in [7, 11) is 0. The molecule has 0 saturated heterocycles. The Hall–Kier alpha value is -3.38. The normalized spacial score (nSPS) is 10.4. The Morgan fingerprint density at radius 1 is 0.794 bits per heavy atom. The van der Waals surface area contributed by atoms with Gasteiger partial charge in [-0.15, -0.1) is 0 Å². The van der Waals surface area contributed by atoms with Crippen molar-refractivity contribution in [3.8, 4) is 11.5 Å². The monoisotopic (exact) mass is 476 g/mol.